The fourth-order valence-corrected chi connectivity index (χ4v) is 3.89. The Bertz CT molecular complexity index is 942. The highest BCUT2D eigenvalue weighted by Crippen LogP contribution is 2.29. The number of aryl methyl sites for hydroxylation is 1. The fourth-order valence-electron chi connectivity index (χ4n) is 3.14. The molecule has 5 nitrogen and oxygen atoms in total. The molecule has 142 valence electrons. The second-order valence-electron chi connectivity index (χ2n) is 6.22. The van der Waals surface area contributed by atoms with Gasteiger partial charge in [-0.2, -0.15) is 0 Å². The summed E-state index contributed by atoms with van der Waals surface area (Å²) in [5.41, 5.74) is 1.17. The molecule has 1 amide bonds. The van der Waals surface area contributed by atoms with E-state index in [9.17, 15) is 9.18 Å². The average Bonchev–Trinajstić information content (AvgIpc) is 3.30. The Balaban J connectivity index is 0.00000210. The van der Waals surface area contributed by atoms with Crippen LogP contribution in [-0.2, 0) is 0 Å². The Morgan fingerprint density at radius 1 is 1.37 bits per heavy atom. The number of halogens is 2. The van der Waals surface area contributed by atoms with Gasteiger partial charge in [0.2, 0.25) is 0 Å². The van der Waals surface area contributed by atoms with Crippen molar-refractivity contribution in [1.29, 1.82) is 0 Å². The van der Waals surface area contributed by atoms with Gasteiger partial charge >= 0.3 is 0 Å². The van der Waals surface area contributed by atoms with Gasteiger partial charge in [0.25, 0.3) is 5.91 Å². The summed E-state index contributed by atoms with van der Waals surface area (Å²) in [5, 5.41) is 5.70. The maximum atomic E-state index is 13.6. The predicted molar refractivity (Wildman–Crippen MR) is 105 cm³/mol. The van der Waals surface area contributed by atoms with E-state index in [4.69, 9.17) is 4.42 Å². The SMILES string of the molecule is Cc1ccc(-c2nc(C(=O)N3CCNCC3c3cccc(F)c3)cs2)o1.Cl. The Hall–Kier alpha value is -2.22. The summed E-state index contributed by atoms with van der Waals surface area (Å²) < 4.78 is 19.2. The molecule has 1 fully saturated rings. The average molecular weight is 408 g/mol. The molecule has 0 bridgehead atoms. The van der Waals surface area contributed by atoms with Crippen molar-refractivity contribution in [3.63, 3.8) is 0 Å². The largest absolute Gasteiger partial charge is 0.459 e. The normalized spacial score (nSPS) is 16.8. The zero-order chi connectivity index (χ0) is 18.1. The number of nitrogens with one attached hydrogen (secondary N) is 1. The highest BCUT2D eigenvalue weighted by atomic mass is 35.5. The van der Waals surface area contributed by atoms with Crippen LogP contribution in [0.1, 0.15) is 27.9 Å². The molecular formula is C19H19ClFN3O2S. The monoisotopic (exact) mass is 407 g/mol. The smallest absolute Gasteiger partial charge is 0.273 e. The molecule has 2 aromatic heterocycles. The summed E-state index contributed by atoms with van der Waals surface area (Å²) >= 11 is 1.38. The topological polar surface area (TPSA) is 58.4 Å². The minimum Gasteiger partial charge on any atom is -0.459 e. The van der Waals surface area contributed by atoms with Crippen molar-refractivity contribution in [2.75, 3.05) is 19.6 Å². The summed E-state index contributed by atoms with van der Waals surface area (Å²) in [6.45, 7) is 3.70. The standard InChI is InChI=1S/C19H18FN3O2S.ClH/c1-12-5-6-17(25-12)18-22-15(11-26-18)19(24)23-8-7-21-10-16(23)13-3-2-4-14(20)9-13;/h2-6,9,11,16,21H,7-8,10H2,1H3;1H. The maximum absolute atomic E-state index is 13.6. The number of carbonyl (C=O) groups excluding carboxylic acids is 1. The minimum atomic E-state index is -0.301. The number of carbonyl (C=O) groups is 1. The van der Waals surface area contributed by atoms with Crippen LogP contribution in [0.2, 0.25) is 0 Å². The van der Waals surface area contributed by atoms with E-state index in [-0.39, 0.29) is 30.2 Å². The number of hydrogen-bond donors (Lipinski definition) is 1. The molecule has 4 rings (SSSR count). The van der Waals surface area contributed by atoms with Gasteiger partial charge in [0.1, 0.15) is 17.3 Å². The van der Waals surface area contributed by atoms with Crippen LogP contribution in [0.25, 0.3) is 10.8 Å². The third kappa shape index (κ3) is 4.05. The van der Waals surface area contributed by atoms with Crippen LogP contribution in [0.5, 0.6) is 0 Å². The van der Waals surface area contributed by atoms with Crippen LogP contribution in [0.15, 0.2) is 46.2 Å². The summed E-state index contributed by atoms with van der Waals surface area (Å²) in [5.74, 6) is 1.01. The van der Waals surface area contributed by atoms with Gasteiger partial charge in [-0.25, -0.2) is 9.37 Å². The first-order valence-electron chi connectivity index (χ1n) is 8.41. The van der Waals surface area contributed by atoms with Crippen LogP contribution in [0.3, 0.4) is 0 Å². The molecule has 1 saturated heterocycles. The van der Waals surface area contributed by atoms with Crippen LogP contribution in [-0.4, -0.2) is 35.4 Å². The lowest BCUT2D eigenvalue weighted by Crippen LogP contribution is -2.48. The summed E-state index contributed by atoms with van der Waals surface area (Å²) in [6.07, 6.45) is 0. The van der Waals surface area contributed by atoms with E-state index in [1.54, 1.807) is 16.3 Å². The Morgan fingerprint density at radius 3 is 2.96 bits per heavy atom. The Morgan fingerprint density at radius 2 is 2.22 bits per heavy atom. The molecule has 1 N–H and O–H groups in total. The number of rotatable bonds is 3. The number of thiazole rings is 1. The van der Waals surface area contributed by atoms with Crippen molar-refractivity contribution in [3.8, 4) is 10.8 Å². The van der Waals surface area contributed by atoms with Gasteiger partial charge in [0.15, 0.2) is 10.8 Å². The van der Waals surface area contributed by atoms with E-state index < -0.39 is 0 Å². The number of piperazine rings is 1. The van der Waals surface area contributed by atoms with Gasteiger partial charge in [-0.3, -0.25) is 4.79 Å². The van der Waals surface area contributed by atoms with Crippen molar-refractivity contribution in [2.45, 2.75) is 13.0 Å². The lowest BCUT2D eigenvalue weighted by molar-refractivity contribution is 0.0628. The second kappa shape index (κ2) is 8.21. The predicted octanol–water partition coefficient (Wildman–Crippen LogP) is 4.06. The molecule has 1 atom stereocenters. The molecule has 1 aromatic carbocycles. The second-order valence-corrected chi connectivity index (χ2v) is 7.08. The highest BCUT2D eigenvalue weighted by Gasteiger charge is 2.30. The molecule has 0 spiro atoms. The van der Waals surface area contributed by atoms with Gasteiger partial charge in [-0.05, 0) is 36.8 Å². The molecule has 3 heterocycles. The summed E-state index contributed by atoms with van der Waals surface area (Å²) in [6, 6.07) is 9.90. The highest BCUT2D eigenvalue weighted by molar-refractivity contribution is 7.13. The molecule has 27 heavy (non-hydrogen) atoms. The van der Waals surface area contributed by atoms with E-state index >= 15 is 0 Å². The number of nitrogens with zero attached hydrogens (tertiary/aromatic N) is 2. The van der Waals surface area contributed by atoms with Crippen molar-refractivity contribution in [3.05, 3.63) is 64.6 Å². The van der Waals surface area contributed by atoms with Crippen molar-refractivity contribution >= 4 is 29.7 Å². The molecule has 0 saturated carbocycles. The Kier molecular flexibility index (Phi) is 5.94. The van der Waals surface area contributed by atoms with Crippen LogP contribution in [0, 0.1) is 12.7 Å². The molecule has 8 heteroatoms. The lowest BCUT2D eigenvalue weighted by Gasteiger charge is -2.36. The van der Waals surface area contributed by atoms with Crippen molar-refractivity contribution in [2.24, 2.45) is 0 Å². The molecule has 1 aliphatic rings. The number of amides is 1. The van der Waals surface area contributed by atoms with Crippen LogP contribution >= 0.6 is 23.7 Å². The van der Waals surface area contributed by atoms with Gasteiger partial charge in [0.05, 0.1) is 6.04 Å². The lowest BCUT2D eigenvalue weighted by atomic mass is 10.0. The first kappa shape index (κ1) is 19.5. The van der Waals surface area contributed by atoms with E-state index in [0.717, 1.165) is 11.3 Å². The van der Waals surface area contributed by atoms with Crippen LogP contribution in [0.4, 0.5) is 4.39 Å². The first-order valence-corrected chi connectivity index (χ1v) is 9.29. The van der Waals surface area contributed by atoms with Gasteiger partial charge in [-0.1, -0.05) is 12.1 Å². The summed E-state index contributed by atoms with van der Waals surface area (Å²) in [4.78, 5) is 19.3. The molecule has 1 unspecified atom stereocenters. The molecule has 1 aliphatic heterocycles. The maximum Gasteiger partial charge on any atom is 0.273 e. The number of furan rings is 1. The zero-order valence-electron chi connectivity index (χ0n) is 14.6. The molecule has 3 aromatic rings. The zero-order valence-corrected chi connectivity index (χ0v) is 16.3. The van der Waals surface area contributed by atoms with Gasteiger partial charge in [0, 0.05) is 25.0 Å². The van der Waals surface area contributed by atoms with E-state index in [0.29, 0.717) is 36.1 Å². The van der Waals surface area contributed by atoms with Crippen molar-refractivity contribution < 1.29 is 13.6 Å². The third-order valence-corrected chi connectivity index (χ3v) is 5.27. The third-order valence-electron chi connectivity index (χ3n) is 4.41. The Labute approximate surface area is 166 Å². The number of hydrogen-bond acceptors (Lipinski definition) is 5. The van der Waals surface area contributed by atoms with Gasteiger partial charge in [-0.15, -0.1) is 23.7 Å². The van der Waals surface area contributed by atoms with Gasteiger partial charge < -0.3 is 14.6 Å². The number of aromatic nitrogens is 1. The first-order chi connectivity index (χ1) is 12.6. The van der Waals surface area contributed by atoms with Crippen molar-refractivity contribution in [1.82, 2.24) is 15.2 Å². The van der Waals surface area contributed by atoms with E-state index in [2.05, 4.69) is 10.3 Å². The van der Waals surface area contributed by atoms with E-state index in [1.165, 1.54) is 23.5 Å². The molecular weight excluding hydrogens is 389 g/mol. The van der Waals surface area contributed by atoms with Crippen LogP contribution < -0.4 is 5.32 Å². The molecule has 0 aliphatic carbocycles. The fraction of sp³-hybridized carbons (Fsp3) is 0.263. The summed E-state index contributed by atoms with van der Waals surface area (Å²) in [7, 11) is 0. The molecule has 0 radical (unpaired) electrons. The van der Waals surface area contributed by atoms with E-state index in [1.807, 2.05) is 25.1 Å². The number of benzene rings is 1. The quantitative estimate of drug-likeness (QED) is 0.711. The minimum absolute atomic E-state index is 0.